The van der Waals surface area contributed by atoms with Crippen LogP contribution in [0.5, 0.6) is 0 Å². The van der Waals surface area contributed by atoms with Crippen molar-refractivity contribution in [2.75, 3.05) is 13.1 Å². The summed E-state index contributed by atoms with van der Waals surface area (Å²) in [6.45, 7) is -0.0694. The Hall–Kier alpha value is -1.57. The number of carbonyl (C=O) groups excluding carboxylic acids is 1. The Bertz CT molecular complexity index is 485. The molecule has 1 atom stereocenters. The van der Waals surface area contributed by atoms with Gasteiger partial charge in [0.25, 0.3) is 0 Å². The maximum Gasteiger partial charge on any atom is 0.471 e. The van der Waals surface area contributed by atoms with Crippen molar-refractivity contribution in [3.8, 4) is 0 Å². The summed E-state index contributed by atoms with van der Waals surface area (Å²) in [6.07, 6.45) is -2.36. The number of alkyl halides is 3. The molecule has 5 nitrogen and oxygen atoms in total. The van der Waals surface area contributed by atoms with E-state index in [1.54, 1.807) is 13.1 Å². The van der Waals surface area contributed by atoms with Crippen LogP contribution in [0, 0.1) is 0 Å². The summed E-state index contributed by atoms with van der Waals surface area (Å²) in [6, 6.07) is 1.67. The second kappa shape index (κ2) is 4.52. The number of rotatable bonds is 1. The number of piperidine rings is 1. The van der Waals surface area contributed by atoms with Crippen LogP contribution in [0.25, 0.3) is 0 Å². The van der Waals surface area contributed by atoms with E-state index in [0.29, 0.717) is 18.5 Å². The molecule has 1 unspecified atom stereocenters. The molecular weight excluding hydrogens is 261 g/mol. The van der Waals surface area contributed by atoms with E-state index in [9.17, 15) is 18.0 Å². The molecule has 2 N–H and O–H groups in total. The van der Waals surface area contributed by atoms with E-state index in [-0.39, 0.29) is 13.1 Å². The Morgan fingerprint density at radius 3 is 2.74 bits per heavy atom. The Morgan fingerprint density at radius 1 is 1.53 bits per heavy atom. The highest BCUT2D eigenvalue weighted by molar-refractivity contribution is 5.82. The van der Waals surface area contributed by atoms with Crippen molar-refractivity contribution in [2.24, 2.45) is 12.8 Å². The van der Waals surface area contributed by atoms with Crippen molar-refractivity contribution in [1.82, 2.24) is 14.7 Å². The van der Waals surface area contributed by atoms with Crippen LogP contribution in [0.15, 0.2) is 12.3 Å². The summed E-state index contributed by atoms with van der Waals surface area (Å²) in [4.78, 5) is 12.1. The number of aromatic nitrogens is 2. The molecule has 1 fully saturated rings. The summed E-state index contributed by atoms with van der Waals surface area (Å²) in [5.41, 5.74) is 5.82. The van der Waals surface area contributed by atoms with Crippen LogP contribution in [0.3, 0.4) is 0 Å². The lowest BCUT2D eigenvalue weighted by molar-refractivity contribution is -0.187. The molecule has 1 aliphatic rings. The molecule has 0 radical (unpaired) electrons. The fourth-order valence-electron chi connectivity index (χ4n) is 2.51. The molecule has 1 aliphatic heterocycles. The molecule has 1 amide bonds. The average Bonchev–Trinajstić information content (AvgIpc) is 2.74. The lowest BCUT2D eigenvalue weighted by Gasteiger charge is -2.40. The van der Waals surface area contributed by atoms with Gasteiger partial charge in [0, 0.05) is 26.3 Å². The number of halogens is 3. The topological polar surface area (TPSA) is 64.2 Å². The van der Waals surface area contributed by atoms with Crippen molar-refractivity contribution in [3.63, 3.8) is 0 Å². The summed E-state index contributed by atoms with van der Waals surface area (Å²) in [5, 5.41) is 3.97. The second-order valence-electron chi connectivity index (χ2n) is 4.82. The normalized spacial score (nSPS) is 24.6. The van der Waals surface area contributed by atoms with Gasteiger partial charge in [0.15, 0.2) is 0 Å². The van der Waals surface area contributed by atoms with Gasteiger partial charge in [-0.25, -0.2) is 0 Å². The molecule has 2 rings (SSSR count). The highest BCUT2D eigenvalue weighted by Gasteiger charge is 2.46. The minimum Gasteiger partial charge on any atom is -0.333 e. The Balaban J connectivity index is 2.22. The molecule has 0 bridgehead atoms. The van der Waals surface area contributed by atoms with Crippen molar-refractivity contribution in [1.29, 1.82) is 0 Å². The molecule has 1 aromatic rings. The number of nitrogens with two attached hydrogens (primary N) is 1. The van der Waals surface area contributed by atoms with E-state index >= 15 is 0 Å². The van der Waals surface area contributed by atoms with Gasteiger partial charge in [-0.15, -0.1) is 0 Å². The van der Waals surface area contributed by atoms with E-state index in [1.165, 1.54) is 10.9 Å². The first kappa shape index (κ1) is 13.9. The number of amides is 1. The molecule has 1 aromatic heterocycles. The zero-order valence-electron chi connectivity index (χ0n) is 10.4. The molecular formula is C11H15F3N4O. The van der Waals surface area contributed by atoms with Gasteiger partial charge in [0.1, 0.15) is 0 Å². The van der Waals surface area contributed by atoms with E-state index in [4.69, 9.17) is 5.73 Å². The van der Waals surface area contributed by atoms with Crippen LogP contribution < -0.4 is 5.73 Å². The van der Waals surface area contributed by atoms with Gasteiger partial charge in [0.2, 0.25) is 0 Å². The molecule has 8 heteroatoms. The van der Waals surface area contributed by atoms with Crippen LogP contribution in [0.1, 0.15) is 18.5 Å². The van der Waals surface area contributed by atoms with Gasteiger partial charge in [0.05, 0.1) is 11.2 Å². The number of hydrogen-bond donors (Lipinski definition) is 1. The molecule has 0 aromatic carbocycles. The lowest BCUT2D eigenvalue weighted by Crippen LogP contribution is -2.56. The van der Waals surface area contributed by atoms with E-state index in [0.717, 1.165) is 4.90 Å². The Morgan fingerprint density at radius 2 is 2.21 bits per heavy atom. The number of nitrogens with zero attached hydrogens (tertiary/aromatic N) is 3. The van der Waals surface area contributed by atoms with Gasteiger partial charge in [-0.3, -0.25) is 9.48 Å². The predicted molar refractivity (Wildman–Crippen MR) is 60.9 cm³/mol. The fourth-order valence-corrected chi connectivity index (χ4v) is 2.51. The van der Waals surface area contributed by atoms with Crippen LogP contribution in [0.4, 0.5) is 13.2 Å². The molecule has 0 aliphatic carbocycles. The molecule has 106 valence electrons. The lowest BCUT2D eigenvalue weighted by atomic mass is 9.86. The summed E-state index contributed by atoms with van der Waals surface area (Å²) < 4.78 is 38.9. The number of aryl methyl sites for hydroxylation is 1. The minimum absolute atomic E-state index is 0.0785. The van der Waals surface area contributed by atoms with Gasteiger partial charge < -0.3 is 10.6 Å². The van der Waals surface area contributed by atoms with Gasteiger partial charge in [-0.2, -0.15) is 18.3 Å². The highest BCUT2D eigenvalue weighted by Crippen LogP contribution is 2.31. The fraction of sp³-hybridized carbons (Fsp3) is 0.636. The smallest absolute Gasteiger partial charge is 0.333 e. The molecule has 1 saturated heterocycles. The maximum atomic E-state index is 12.5. The van der Waals surface area contributed by atoms with E-state index in [2.05, 4.69) is 5.10 Å². The third-order valence-electron chi connectivity index (χ3n) is 3.38. The average molecular weight is 276 g/mol. The van der Waals surface area contributed by atoms with E-state index < -0.39 is 17.6 Å². The second-order valence-corrected chi connectivity index (χ2v) is 4.82. The Labute approximate surface area is 108 Å². The standard InChI is InChI=1S/C11H15F3N4O/c1-17-8(3-5-16-17)10(15)4-2-6-18(7-10)9(19)11(12,13)14/h3,5H,2,4,6-7,15H2,1H3. The van der Waals surface area contributed by atoms with Gasteiger partial charge in [-0.05, 0) is 18.9 Å². The first-order valence-corrected chi connectivity index (χ1v) is 5.87. The van der Waals surface area contributed by atoms with Crippen molar-refractivity contribution in [3.05, 3.63) is 18.0 Å². The number of hydrogen-bond acceptors (Lipinski definition) is 3. The van der Waals surface area contributed by atoms with E-state index in [1.807, 2.05) is 0 Å². The summed E-state index contributed by atoms with van der Waals surface area (Å²) in [5.74, 6) is -1.83. The summed E-state index contributed by atoms with van der Waals surface area (Å²) >= 11 is 0. The molecule has 19 heavy (non-hydrogen) atoms. The van der Waals surface area contributed by atoms with Gasteiger partial charge >= 0.3 is 12.1 Å². The molecule has 0 saturated carbocycles. The van der Waals surface area contributed by atoms with Crippen molar-refractivity contribution < 1.29 is 18.0 Å². The zero-order valence-corrected chi connectivity index (χ0v) is 10.4. The Kier molecular flexibility index (Phi) is 3.29. The third-order valence-corrected chi connectivity index (χ3v) is 3.38. The number of likely N-dealkylation sites (tertiary alicyclic amines) is 1. The highest BCUT2D eigenvalue weighted by atomic mass is 19.4. The monoisotopic (exact) mass is 276 g/mol. The van der Waals surface area contributed by atoms with Crippen LogP contribution >= 0.6 is 0 Å². The third kappa shape index (κ3) is 2.58. The van der Waals surface area contributed by atoms with Crippen molar-refractivity contribution >= 4 is 5.91 Å². The first-order chi connectivity index (χ1) is 8.74. The first-order valence-electron chi connectivity index (χ1n) is 5.87. The largest absolute Gasteiger partial charge is 0.471 e. The number of carbonyl (C=O) groups is 1. The molecule has 2 heterocycles. The van der Waals surface area contributed by atoms with Crippen molar-refractivity contribution in [2.45, 2.75) is 24.6 Å². The quantitative estimate of drug-likeness (QED) is 0.823. The maximum absolute atomic E-state index is 12.5. The summed E-state index contributed by atoms with van der Waals surface area (Å²) in [7, 11) is 1.68. The SMILES string of the molecule is Cn1nccc1C1(N)CCCN(C(=O)C(F)(F)F)C1. The van der Waals surface area contributed by atoms with Crippen LogP contribution in [-0.4, -0.2) is 39.9 Å². The minimum atomic E-state index is -4.86. The van der Waals surface area contributed by atoms with Crippen LogP contribution in [0.2, 0.25) is 0 Å². The van der Waals surface area contributed by atoms with Crippen LogP contribution in [-0.2, 0) is 17.4 Å². The predicted octanol–water partition coefficient (Wildman–Crippen LogP) is 0.759. The van der Waals surface area contributed by atoms with Gasteiger partial charge in [-0.1, -0.05) is 0 Å². The zero-order chi connectivity index (χ0) is 14.3. The molecule has 0 spiro atoms.